The summed E-state index contributed by atoms with van der Waals surface area (Å²) in [5.41, 5.74) is 3.59. The third kappa shape index (κ3) is 2.86. The van der Waals surface area contributed by atoms with Gasteiger partial charge in [0, 0.05) is 49.0 Å². The van der Waals surface area contributed by atoms with Gasteiger partial charge in [-0.25, -0.2) is 0 Å². The Labute approximate surface area is 166 Å². The summed E-state index contributed by atoms with van der Waals surface area (Å²) in [5, 5.41) is 0.726. The van der Waals surface area contributed by atoms with Crippen LogP contribution in [-0.2, 0) is 0 Å². The second-order valence-electron chi connectivity index (χ2n) is 8.15. The molecule has 0 N–H and O–H groups in total. The summed E-state index contributed by atoms with van der Waals surface area (Å²) in [6, 6.07) is 15.1. The lowest BCUT2D eigenvalue weighted by molar-refractivity contribution is 0.0700. The van der Waals surface area contributed by atoms with Crippen LogP contribution in [0.25, 0.3) is 0 Å². The number of anilines is 2. The SMILES string of the molecule is CN(C)c1ccccc1[C@@H]1Oc2cc(Cl)ccc2N1C1CN2CCC1CC2. The first kappa shape index (κ1) is 17.2. The number of ether oxygens (including phenoxy) is 1. The maximum absolute atomic E-state index is 6.53. The Hall–Kier alpha value is -1.91. The van der Waals surface area contributed by atoms with Gasteiger partial charge >= 0.3 is 0 Å². The molecule has 3 saturated heterocycles. The van der Waals surface area contributed by atoms with Gasteiger partial charge in [0.15, 0.2) is 0 Å². The summed E-state index contributed by atoms with van der Waals surface area (Å²) in [5.74, 6) is 1.63. The molecule has 2 bridgehead atoms. The zero-order chi connectivity index (χ0) is 18.5. The van der Waals surface area contributed by atoms with Crippen molar-refractivity contribution in [3.05, 3.63) is 53.1 Å². The molecule has 0 aliphatic carbocycles. The number of rotatable bonds is 3. The zero-order valence-corrected chi connectivity index (χ0v) is 16.7. The molecule has 0 spiro atoms. The summed E-state index contributed by atoms with van der Waals surface area (Å²) in [6.07, 6.45) is 2.46. The molecule has 4 heterocycles. The van der Waals surface area contributed by atoms with Crippen molar-refractivity contribution >= 4 is 23.0 Å². The summed E-state index contributed by atoms with van der Waals surface area (Å²) < 4.78 is 6.53. The van der Waals surface area contributed by atoms with E-state index >= 15 is 0 Å². The summed E-state index contributed by atoms with van der Waals surface area (Å²) in [4.78, 5) is 7.31. The molecule has 2 aromatic carbocycles. The molecule has 0 saturated carbocycles. The molecule has 6 rings (SSSR count). The second kappa shape index (κ2) is 6.61. The Morgan fingerprint density at radius 1 is 1.07 bits per heavy atom. The molecule has 4 aliphatic rings. The zero-order valence-electron chi connectivity index (χ0n) is 15.9. The van der Waals surface area contributed by atoms with Crippen LogP contribution in [0.1, 0.15) is 24.6 Å². The van der Waals surface area contributed by atoms with Crippen LogP contribution in [0.5, 0.6) is 5.75 Å². The first-order valence-corrected chi connectivity index (χ1v) is 10.2. The van der Waals surface area contributed by atoms with Gasteiger partial charge in [0.1, 0.15) is 5.75 Å². The lowest BCUT2D eigenvalue weighted by Gasteiger charge is -2.49. The highest BCUT2D eigenvalue weighted by Gasteiger charge is 2.45. The predicted molar refractivity (Wildman–Crippen MR) is 111 cm³/mol. The molecular formula is C22H26ClN3O. The summed E-state index contributed by atoms with van der Waals surface area (Å²) in [6.45, 7) is 3.60. The molecule has 0 radical (unpaired) electrons. The van der Waals surface area contributed by atoms with Gasteiger partial charge in [-0.2, -0.15) is 0 Å². The average Bonchev–Trinajstić information content (AvgIpc) is 3.07. The van der Waals surface area contributed by atoms with Gasteiger partial charge in [-0.3, -0.25) is 0 Å². The maximum Gasteiger partial charge on any atom is 0.201 e. The number of para-hydroxylation sites is 1. The number of benzene rings is 2. The van der Waals surface area contributed by atoms with Crippen LogP contribution in [-0.4, -0.2) is 44.7 Å². The largest absolute Gasteiger partial charge is 0.464 e. The van der Waals surface area contributed by atoms with Crippen LogP contribution >= 0.6 is 11.6 Å². The van der Waals surface area contributed by atoms with Crippen molar-refractivity contribution in [1.82, 2.24) is 4.90 Å². The number of hydrogen-bond acceptors (Lipinski definition) is 4. The molecule has 142 valence electrons. The van der Waals surface area contributed by atoms with E-state index in [0.717, 1.165) is 23.2 Å². The van der Waals surface area contributed by atoms with Gasteiger partial charge in [0.25, 0.3) is 0 Å². The van der Waals surface area contributed by atoms with Gasteiger partial charge in [-0.1, -0.05) is 29.8 Å². The fourth-order valence-corrected chi connectivity index (χ4v) is 5.18. The highest BCUT2D eigenvalue weighted by Crippen LogP contribution is 2.50. The molecule has 0 amide bonds. The van der Waals surface area contributed by atoms with Crippen LogP contribution in [0.2, 0.25) is 5.02 Å². The molecule has 4 aliphatic heterocycles. The van der Waals surface area contributed by atoms with Crippen molar-refractivity contribution in [3.63, 3.8) is 0 Å². The highest BCUT2D eigenvalue weighted by molar-refractivity contribution is 6.30. The van der Waals surface area contributed by atoms with Crippen molar-refractivity contribution in [2.24, 2.45) is 5.92 Å². The monoisotopic (exact) mass is 383 g/mol. The average molecular weight is 384 g/mol. The van der Waals surface area contributed by atoms with E-state index in [1.807, 2.05) is 12.1 Å². The molecule has 4 nitrogen and oxygen atoms in total. The number of halogens is 1. The van der Waals surface area contributed by atoms with Crippen molar-refractivity contribution < 1.29 is 4.74 Å². The maximum atomic E-state index is 6.53. The van der Waals surface area contributed by atoms with E-state index in [4.69, 9.17) is 16.3 Å². The van der Waals surface area contributed by atoms with Gasteiger partial charge < -0.3 is 19.4 Å². The standard InChI is InChI=1S/C22H26ClN3O/c1-24(2)18-6-4-3-5-17(18)22-26(19-8-7-16(23)13-21(19)27-22)20-14-25-11-9-15(20)10-12-25/h3-8,13,15,20,22H,9-12,14H2,1-2H3/t20?,22-/m0/s1. The lowest BCUT2D eigenvalue weighted by Crippen LogP contribution is -2.58. The number of nitrogens with zero attached hydrogens (tertiary/aromatic N) is 3. The van der Waals surface area contributed by atoms with Gasteiger partial charge in [-0.05, 0) is 50.0 Å². The van der Waals surface area contributed by atoms with Crippen LogP contribution in [0.3, 0.4) is 0 Å². The van der Waals surface area contributed by atoms with E-state index < -0.39 is 0 Å². The molecule has 27 heavy (non-hydrogen) atoms. The van der Waals surface area contributed by atoms with Crippen molar-refractivity contribution in [2.75, 3.05) is 43.5 Å². The Morgan fingerprint density at radius 3 is 2.56 bits per heavy atom. The number of hydrogen-bond donors (Lipinski definition) is 0. The molecule has 2 atom stereocenters. The van der Waals surface area contributed by atoms with Crippen LogP contribution in [0.4, 0.5) is 11.4 Å². The minimum Gasteiger partial charge on any atom is -0.464 e. The molecular weight excluding hydrogens is 358 g/mol. The molecule has 1 unspecified atom stereocenters. The molecule has 0 aromatic heterocycles. The van der Waals surface area contributed by atoms with E-state index in [1.165, 1.54) is 42.9 Å². The van der Waals surface area contributed by atoms with Gasteiger partial charge in [0.2, 0.25) is 6.23 Å². The minimum absolute atomic E-state index is 0.109. The third-order valence-corrected chi connectivity index (χ3v) is 6.59. The van der Waals surface area contributed by atoms with E-state index in [2.05, 4.69) is 59.1 Å². The topological polar surface area (TPSA) is 19.0 Å². The quantitative estimate of drug-likeness (QED) is 0.781. The van der Waals surface area contributed by atoms with Crippen LogP contribution < -0.4 is 14.5 Å². The van der Waals surface area contributed by atoms with E-state index in [1.54, 1.807) is 0 Å². The first-order chi connectivity index (χ1) is 13.1. The van der Waals surface area contributed by atoms with Crippen molar-refractivity contribution in [1.29, 1.82) is 0 Å². The van der Waals surface area contributed by atoms with Crippen molar-refractivity contribution in [2.45, 2.75) is 25.1 Å². The third-order valence-electron chi connectivity index (χ3n) is 6.35. The van der Waals surface area contributed by atoms with Crippen LogP contribution in [0, 0.1) is 5.92 Å². The smallest absolute Gasteiger partial charge is 0.201 e. The minimum atomic E-state index is -0.109. The molecule has 3 fully saturated rings. The number of piperidine rings is 3. The summed E-state index contributed by atoms with van der Waals surface area (Å²) >= 11 is 6.28. The van der Waals surface area contributed by atoms with Crippen LogP contribution in [0.15, 0.2) is 42.5 Å². The Bertz CT molecular complexity index is 847. The fraction of sp³-hybridized carbons (Fsp3) is 0.455. The van der Waals surface area contributed by atoms with Crippen molar-refractivity contribution in [3.8, 4) is 5.75 Å². The Morgan fingerprint density at radius 2 is 1.85 bits per heavy atom. The van der Waals surface area contributed by atoms with Gasteiger partial charge in [0.05, 0.1) is 5.69 Å². The number of fused-ring (bicyclic) bond motifs is 4. The van der Waals surface area contributed by atoms with Gasteiger partial charge in [-0.15, -0.1) is 0 Å². The van der Waals surface area contributed by atoms with E-state index in [0.29, 0.717) is 6.04 Å². The fourth-order valence-electron chi connectivity index (χ4n) is 5.02. The highest BCUT2D eigenvalue weighted by atomic mass is 35.5. The first-order valence-electron chi connectivity index (χ1n) is 9.85. The predicted octanol–water partition coefficient (Wildman–Crippen LogP) is 4.40. The normalized spacial score (nSPS) is 28.8. The molecule has 5 heteroatoms. The lowest BCUT2D eigenvalue weighted by atomic mass is 9.82. The molecule has 2 aromatic rings. The summed E-state index contributed by atoms with van der Waals surface area (Å²) in [7, 11) is 4.19. The Balaban J connectivity index is 1.60. The van der Waals surface area contributed by atoms with E-state index in [-0.39, 0.29) is 6.23 Å². The Kier molecular flexibility index (Phi) is 4.21. The van der Waals surface area contributed by atoms with E-state index in [9.17, 15) is 0 Å². The second-order valence-corrected chi connectivity index (χ2v) is 8.58.